The Morgan fingerprint density at radius 2 is 1.73 bits per heavy atom. The number of nitrogens with one attached hydrogen (secondary N) is 1. The number of nitrogens with zero attached hydrogens (tertiary/aromatic N) is 1. The third-order valence-corrected chi connectivity index (χ3v) is 2.75. The highest BCUT2D eigenvalue weighted by Crippen LogP contribution is 2.34. The summed E-state index contributed by atoms with van der Waals surface area (Å²) >= 11 is 3.93. The molecule has 0 radical (unpaired) electrons. The van der Waals surface area contributed by atoms with Crippen LogP contribution in [-0.2, 0) is 21.2 Å². The van der Waals surface area contributed by atoms with E-state index in [1.807, 2.05) is 0 Å². The number of sulfone groups is 1. The maximum atomic E-state index is 11.3. The summed E-state index contributed by atoms with van der Waals surface area (Å²) in [6.07, 6.45) is 1.65. The molecule has 1 amide bonds. The number of amides is 1. The van der Waals surface area contributed by atoms with E-state index in [1.165, 1.54) is 26.4 Å². The molecular weight excluding hydrogens is 388 g/mol. The van der Waals surface area contributed by atoms with E-state index in [4.69, 9.17) is 14.2 Å². The lowest BCUT2D eigenvalue weighted by molar-refractivity contribution is -0.385. The Balaban J connectivity index is 0.00000110. The average molecular weight is 410 g/mol. The van der Waals surface area contributed by atoms with Crippen molar-refractivity contribution >= 4 is 34.2 Å². The van der Waals surface area contributed by atoms with Crippen molar-refractivity contribution in [1.29, 1.82) is 0 Å². The van der Waals surface area contributed by atoms with E-state index in [1.54, 1.807) is 0 Å². The van der Waals surface area contributed by atoms with Gasteiger partial charge in [0.25, 0.3) is 5.69 Å². The first-order valence-corrected chi connectivity index (χ1v) is 10.0. The second-order valence-corrected chi connectivity index (χ2v) is 7.70. The first kappa shape index (κ1) is 23.8. The molecule has 12 heteroatoms. The molecule has 0 atom stereocenters. The molecular formula is C14H22N2O8S2. The molecule has 0 unspecified atom stereocenters. The molecule has 0 aromatic heterocycles. The Hall–Kier alpha value is -2.21. The highest BCUT2D eigenvalue weighted by molar-refractivity contribution is 7.89. The van der Waals surface area contributed by atoms with Crippen LogP contribution in [0, 0.1) is 10.1 Å². The van der Waals surface area contributed by atoms with Crippen molar-refractivity contribution in [3.05, 3.63) is 27.8 Å². The van der Waals surface area contributed by atoms with Crippen molar-refractivity contribution in [3.8, 4) is 11.5 Å². The number of carbonyl (C=O) groups is 1. The van der Waals surface area contributed by atoms with Crippen LogP contribution in [0.25, 0.3) is 0 Å². The summed E-state index contributed by atoms with van der Waals surface area (Å²) in [5, 5.41) is 13.5. The van der Waals surface area contributed by atoms with Crippen molar-refractivity contribution in [2.24, 2.45) is 0 Å². The van der Waals surface area contributed by atoms with Gasteiger partial charge in [-0.2, -0.15) is 12.6 Å². The zero-order valence-corrected chi connectivity index (χ0v) is 16.6. The fourth-order valence-electron chi connectivity index (χ4n) is 1.55. The lowest BCUT2D eigenvalue weighted by Crippen LogP contribution is -2.26. The maximum absolute atomic E-state index is 11.3. The van der Waals surface area contributed by atoms with Gasteiger partial charge in [-0.1, -0.05) is 0 Å². The molecule has 1 aromatic rings. The van der Waals surface area contributed by atoms with E-state index in [2.05, 4.69) is 17.9 Å². The van der Waals surface area contributed by atoms with Crippen LogP contribution in [0.3, 0.4) is 0 Å². The van der Waals surface area contributed by atoms with Gasteiger partial charge in [0.1, 0.15) is 16.4 Å². The molecule has 1 rings (SSSR count). The second-order valence-electron chi connectivity index (χ2n) is 4.96. The summed E-state index contributed by atoms with van der Waals surface area (Å²) in [6, 6.07) is 2.63. The second kappa shape index (κ2) is 11.4. The molecule has 0 aliphatic heterocycles. The third kappa shape index (κ3) is 9.93. The van der Waals surface area contributed by atoms with Crippen molar-refractivity contribution < 1.29 is 32.3 Å². The lowest BCUT2D eigenvalue weighted by Gasteiger charge is -2.11. The predicted octanol–water partition coefficient (Wildman–Crippen LogP) is 1.43. The SMILES string of the molecule is COc1cc(COC(=O)NCCS)c([N+](=O)[O-])cc1OC.CS(C)(=O)=O. The number of methoxy groups -OCH3 is 2. The van der Waals surface area contributed by atoms with Crippen LogP contribution in [0.1, 0.15) is 5.56 Å². The van der Waals surface area contributed by atoms with Gasteiger partial charge in [-0.15, -0.1) is 0 Å². The number of carbonyl (C=O) groups excluding carboxylic acids is 1. The Morgan fingerprint density at radius 3 is 2.15 bits per heavy atom. The van der Waals surface area contributed by atoms with E-state index in [-0.39, 0.29) is 23.6 Å². The fraction of sp³-hybridized carbons (Fsp3) is 0.500. The minimum atomic E-state index is -2.67. The molecule has 0 spiro atoms. The van der Waals surface area contributed by atoms with Crippen molar-refractivity contribution in [1.82, 2.24) is 5.32 Å². The first-order valence-electron chi connectivity index (χ1n) is 7.09. The summed E-state index contributed by atoms with van der Waals surface area (Å²) in [7, 11) is 0.121. The summed E-state index contributed by atoms with van der Waals surface area (Å²) in [5.41, 5.74) is -0.00619. The number of hydrogen-bond acceptors (Lipinski definition) is 9. The van der Waals surface area contributed by atoms with E-state index in [0.717, 1.165) is 12.5 Å². The number of benzene rings is 1. The Bertz CT molecular complexity index is 714. The van der Waals surface area contributed by atoms with E-state index < -0.39 is 20.9 Å². The molecule has 148 valence electrons. The number of rotatable bonds is 7. The maximum Gasteiger partial charge on any atom is 0.407 e. The molecule has 0 saturated heterocycles. The lowest BCUT2D eigenvalue weighted by atomic mass is 10.1. The first-order chi connectivity index (χ1) is 12.0. The number of alkyl carbamates (subject to hydrolysis) is 1. The molecule has 26 heavy (non-hydrogen) atoms. The van der Waals surface area contributed by atoms with Crippen molar-refractivity contribution in [2.75, 3.05) is 39.0 Å². The molecule has 0 saturated carbocycles. The smallest absolute Gasteiger partial charge is 0.407 e. The number of ether oxygens (including phenoxy) is 3. The van der Waals surface area contributed by atoms with Crippen LogP contribution >= 0.6 is 12.6 Å². The highest BCUT2D eigenvalue weighted by atomic mass is 32.2. The minimum absolute atomic E-state index is 0.207. The minimum Gasteiger partial charge on any atom is -0.493 e. The van der Waals surface area contributed by atoms with Crippen LogP contribution in [-0.4, -0.2) is 58.5 Å². The van der Waals surface area contributed by atoms with Crippen LogP contribution in [0.2, 0.25) is 0 Å². The monoisotopic (exact) mass is 410 g/mol. The van der Waals surface area contributed by atoms with Crippen LogP contribution in [0.4, 0.5) is 10.5 Å². The molecule has 0 heterocycles. The number of nitro benzene ring substituents is 1. The predicted molar refractivity (Wildman–Crippen MR) is 99.0 cm³/mol. The van der Waals surface area contributed by atoms with Gasteiger partial charge < -0.3 is 19.5 Å². The molecule has 0 bridgehead atoms. The van der Waals surface area contributed by atoms with Crippen molar-refractivity contribution in [2.45, 2.75) is 6.61 Å². The molecule has 0 aliphatic carbocycles. The van der Waals surface area contributed by atoms with Gasteiger partial charge in [0, 0.05) is 24.8 Å². The Labute approximate surface area is 157 Å². The number of thiol groups is 1. The average Bonchev–Trinajstić information content (AvgIpc) is 2.55. The van der Waals surface area contributed by atoms with Gasteiger partial charge in [0.15, 0.2) is 11.5 Å². The summed E-state index contributed by atoms with van der Waals surface area (Å²) < 4.78 is 34.2. The van der Waals surface area contributed by atoms with Crippen LogP contribution in [0.5, 0.6) is 11.5 Å². The van der Waals surface area contributed by atoms with Gasteiger partial charge in [-0.05, 0) is 6.07 Å². The van der Waals surface area contributed by atoms with Gasteiger partial charge in [0.05, 0.1) is 30.8 Å². The highest BCUT2D eigenvalue weighted by Gasteiger charge is 2.20. The summed E-state index contributed by atoms with van der Waals surface area (Å²) in [6.45, 7) is 0.0883. The Morgan fingerprint density at radius 1 is 1.23 bits per heavy atom. The zero-order valence-electron chi connectivity index (χ0n) is 14.8. The molecule has 0 fully saturated rings. The standard InChI is InChI=1S/C12H16N2O6S.C2H6O2S/c1-18-10-5-8(7-20-12(15)13-3-4-21)9(14(16)17)6-11(10)19-2;1-5(2,3)4/h5-6,21H,3-4,7H2,1-2H3,(H,13,15);1-2H3. The zero-order chi connectivity index (χ0) is 20.3. The van der Waals surface area contributed by atoms with Gasteiger partial charge >= 0.3 is 6.09 Å². The summed E-state index contributed by atoms with van der Waals surface area (Å²) in [5.74, 6) is 1.01. The molecule has 0 aliphatic rings. The number of hydrogen-bond donors (Lipinski definition) is 2. The van der Waals surface area contributed by atoms with Crippen LogP contribution < -0.4 is 14.8 Å². The molecule has 1 N–H and O–H groups in total. The topological polar surface area (TPSA) is 134 Å². The third-order valence-electron chi connectivity index (χ3n) is 2.52. The quantitative estimate of drug-likeness (QED) is 0.392. The molecule has 10 nitrogen and oxygen atoms in total. The largest absolute Gasteiger partial charge is 0.493 e. The van der Waals surface area contributed by atoms with E-state index in [9.17, 15) is 23.3 Å². The van der Waals surface area contributed by atoms with Gasteiger partial charge in [-0.25, -0.2) is 13.2 Å². The van der Waals surface area contributed by atoms with E-state index >= 15 is 0 Å². The normalized spacial score (nSPS) is 10.2. The van der Waals surface area contributed by atoms with Crippen molar-refractivity contribution in [3.63, 3.8) is 0 Å². The molecule has 1 aromatic carbocycles. The van der Waals surface area contributed by atoms with Crippen LogP contribution in [0.15, 0.2) is 12.1 Å². The van der Waals surface area contributed by atoms with Gasteiger partial charge in [0.2, 0.25) is 0 Å². The van der Waals surface area contributed by atoms with Gasteiger partial charge in [-0.3, -0.25) is 10.1 Å². The fourth-order valence-corrected chi connectivity index (χ4v) is 1.66. The summed E-state index contributed by atoms with van der Waals surface area (Å²) in [4.78, 5) is 21.8. The Kier molecular flexibility index (Phi) is 10.4. The van der Waals surface area contributed by atoms with E-state index in [0.29, 0.717) is 18.0 Å². The number of nitro groups is 1.